The molecule has 0 aliphatic carbocycles. The highest BCUT2D eigenvalue weighted by Crippen LogP contribution is 2.18. The number of carbonyl (C=O) groups is 1. The zero-order valence-electron chi connectivity index (χ0n) is 9.20. The van der Waals surface area contributed by atoms with E-state index in [1.165, 1.54) is 4.90 Å². The summed E-state index contributed by atoms with van der Waals surface area (Å²) in [4.78, 5) is 13.1. The number of nitrogens with zero attached hydrogens (tertiary/aromatic N) is 1. The summed E-state index contributed by atoms with van der Waals surface area (Å²) in [6.45, 7) is 0.943. The van der Waals surface area contributed by atoms with Gasteiger partial charge in [0.25, 0.3) is 6.43 Å². The Morgan fingerprint density at radius 3 is 2.56 bits per heavy atom. The Kier molecular flexibility index (Phi) is 5.62. The van der Waals surface area contributed by atoms with Crippen LogP contribution >= 0.6 is 0 Å². The van der Waals surface area contributed by atoms with Crippen molar-refractivity contribution in [1.82, 2.24) is 4.90 Å². The van der Waals surface area contributed by atoms with Crippen molar-refractivity contribution in [3.63, 3.8) is 0 Å². The van der Waals surface area contributed by atoms with E-state index in [0.29, 0.717) is 26.1 Å². The Morgan fingerprint density at radius 1 is 1.44 bits per heavy atom. The first-order valence-corrected chi connectivity index (χ1v) is 5.50. The molecule has 1 aliphatic heterocycles. The number of ether oxygens (including phenoxy) is 1. The van der Waals surface area contributed by atoms with Crippen molar-refractivity contribution in [2.45, 2.75) is 19.3 Å². The van der Waals surface area contributed by atoms with Crippen LogP contribution in [0.3, 0.4) is 0 Å². The molecule has 1 saturated heterocycles. The van der Waals surface area contributed by atoms with Crippen LogP contribution < -0.4 is 5.73 Å². The normalized spacial score (nSPS) is 17.8. The van der Waals surface area contributed by atoms with Crippen LogP contribution in [0.4, 0.5) is 8.78 Å². The number of nitrogens with two attached hydrogens (primary N) is 1. The SMILES string of the molecule is NCCN(CC(F)F)C(=O)C1CCOCC1. The number of amides is 1. The Labute approximate surface area is 93.7 Å². The molecule has 0 spiro atoms. The van der Waals surface area contributed by atoms with E-state index in [1.54, 1.807) is 0 Å². The fourth-order valence-corrected chi connectivity index (χ4v) is 1.82. The van der Waals surface area contributed by atoms with Gasteiger partial charge in [0.05, 0.1) is 6.54 Å². The largest absolute Gasteiger partial charge is 0.381 e. The van der Waals surface area contributed by atoms with Crippen LogP contribution in [0.2, 0.25) is 0 Å². The molecule has 1 fully saturated rings. The Balaban J connectivity index is 2.50. The number of hydrogen-bond donors (Lipinski definition) is 1. The zero-order chi connectivity index (χ0) is 12.0. The van der Waals surface area contributed by atoms with E-state index in [2.05, 4.69) is 0 Å². The molecule has 6 heteroatoms. The van der Waals surface area contributed by atoms with Gasteiger partial charge in [-0.1, -0.05) is 0 Å². The molecular formula is C10H18F2N2O2. The van der Waals surface area contributed by atoms with E-state index in [9.17, 15) is 13.6 Å². The predicted octanol–water partition coefficient (Wildman–Crippen LogP) is 0.465. The zero-order valence-corrected chi connectivity index (χ0v) is 9.20. The second-order valence-corrected chi connectivity index (χ2v) is 3.85. The van der Waals surface area contributed by atoms with E-state index >= 15 is 0 Å². The maximum Gasteiger partial charge on any atom is 0.255 e. The summed E-state index contributed by atoms with van der Waals surface area (Å²) in [6, 6.07) is 0. The topological polar surface area (TPSA) is 55.6 Å². The number of alkyl halides is 2. The highest BCUT2D eigenvalue weighted by Gasteiger charge is 2.27. The van der Waals surface area contributed by atoms with Gasteiger partial charge in [0.15, 0.2) is 0 Å². The van der Waals surface area contributed by atoms with E-state index in [1.807, 2.05) is 0 Å². The lowest BCUT2D eigenvalue weighted by Crippen LogP contribution is -2.43. The Bertz CT molecular complexity index is 221. The summed E-state index contributed by atoms with van der Waals surface area (Å²) in [7, 11) is 0. The lowest BCUT2D eigenvalue weighted by molar-refractivity contribution is -0.140. The van der Waals surface area contributed by atoms with Gasteiger partial charge in [-0.05, 0) is 12.8 Å². The number of carbonyl (C=O) groups excluding carboxylic acids is 1. The Hall–Kier alpha value is -0.750. The van der Waals surface area contributed by atoms with Gasteiger partial charge < -0.3 is 15.4 Å². The standard InChI is InChI=1S/C10H18F2N2O2/c11-9(12)7-14(4-3-13)10(15)8-1-5-16-6-2-8/h8-9H,1-7,13H2. The van der Waals surface area contributed by atoms with Gasteiger partial charge in [0.2, 0.25) is 5.91 Å². The fraction of sp³-hybridized carbons (Fsp3) is 0.900. The molecule has 0 radical (unpaired) electrons. The van der Waals surface area contributed by atoms with E-state index < -0.39 is 13.0 Å². The first-order valence-electron chi connectivity index (χ1n) is 5.50. The third kappa shape index (κ3) is 4.02. The molecule has 94 valence electrons. The molecule has 2 N–H and O–H groups in total. The lowest BCUT2D eigenvalue weighted by Gasteiger charge is -2.28. The van der Waals surface area contributed by atoms with E-state index in [4.69, 9.17) is 10.5 Å². The van der Waals surface area contributed by atoms with Gasteiger partial charge in [-0.25, -0.2) is 8.78 Å². The first-order chi connectivity index (χ1) is 7.65. The average Bonchev–Trinajstić information content (AvgIpc) is 2.28. The molecule has 0 bridgehead atoms. The Morgan fingerprint density at radius 2 is 2.06 bits per heavy atom. The van der Waals surface area contributed by atoms with Gasteiger partial charge in [0, 0.05) is 32.2 Å². The van der Waals surface area contributed by atoms with Crippen molar-refractivity contribution >= 4 is 5.91 Å². The lowest BCUT2D eigenvalue weighted by atomic mass is 9.98. The van der Waals surface area contributed by atoms with Crippen LogP contribution in [0.5, 0.6) is 0 Å². The summed E-state index contributed by atoms with van der Waals surface area (Å²) in [5.41, 5.74) is 5.31. The minimum atomic E-state index is -2.50. The average molecular weight is 236 g/mol. The summed E-state index contributed by atoms with van der Waals surface area (Å²) >= 11 is 0. The second-order valence-electron chi connectivity index (χ2n) is 3.85. The van der Waals surface area contributed by atoms with Gasteiger partial charge in [-0.2, -0.15) is 0 Å². The molecule has 0 aromatic rings. The van der Waals surface area contributed by atoms with Gasteiger partial charge in [-0.15, -0.1) is 0 Å². The molecule has 1 aliphatic rings. The summed E-state index contributed by atoms with van der Waals surface area (Å²) in [5, 5.41) is 0. The summed E-state index contributed by atoms with van der Waals surface area (Å²) in [5.74, 6) is -0.395. The van der Waals surface area contributed by atoms with Crippen LogP contribution in [-0.4, -0.2) is 50.1 Å². The molecule has 0 aromatic heterocycles. The van der Waals surface area contributed by atoms with Crippen molar-refractivity contribution in [2.24, 2.45) is 11.7 Å². The van der Waals surface area contributed by atoms with Crippen molar-refractivity contribution < 1.29 is 18.3 Å². The number of halogens is 2. The molecule has 1 amide bonds. The maximum atomic E-state index is 12.3. The minimum Gasteiger partial charge on any atom is -0.381 e. The molecule has 16 heavy (non-hydrogen) atoms. The number of hydrogen-bond acceptors (Lipinski definition) is 3. The highest BCUT2D eigenvalue weighted by molar-refractivity contribution is 5.79. The van der Waals surface area contributed by atoms with Crippen molar-refractivity contribution in [1.29, 1.82) is 0 Å². The minimum absolute atomic E-state index is 0.181. The first kappa shape index (κ1) is 13.3. The monoisotopic (exact) mass is 236 g/mol. The van der Waals surface area contributed by atoms with Crippen molar-refractivity contribution in [3.8, 4) is 0 Å². The molecule has 0 aromatic carbocycles. The van der Waals surface area contributed by atoms with E-state index in [0.717, 1.165) is 0 Å². The van der Waals surface area contributed by atoms with Gasteiger partial charge >= 0.3 is 0 Å². The molecule has 0 atom stereocenters. The molecule has 0 saturated carbocycles. The van der Waals surface area contributed by atoms with Crippen LogP contribution in [-0.2, 0) is 9.53 Å². The van der Waals surface area contributed by atoms with Gasteiger partial charge in [0.1, 0.15) is 0 Å². The quantitative estimate of drug-likeness (QED) is 0.754. The molecule has 1 rings (SSSR count). The van der Waals surface area contributed by atoms with Gasteiger partial charge in [-0.3, -0.25) is 4.79 Å². The third-order valence-electron chi connectivity index (χ3n) is 2.64. The molecule has 0 unspecified atom stereocenters. The van der Waals surface area contributed by atoms with Crippen LogP contribution in [0.25, 0.3) is 0 Å². The van der Waals surface area contributed by atoms with Crippen molar-refractivity contribution in [3.05, 3.63) is 0 Å². The van der Waals surface area contributed by atoms with Crippen LogP contribution in [0, 0.1) is 5.92 Å². The van der Waals surface area contributed by atoms with Crippen LogP contribution in [0.1, 0.15) is 12.8 Å². The fourth-order valence-electron chi connectivity index (χ4n) is 1.82. The predicted molar refractivity (Wildman–Crippen MR) is 55.2 cm³/mol. The van der Waals surface area contributed by atoms with Crippen molar-refractivity contribution in [2.75, 3.05) is 32.8 Å². The molecule has 1 heterocycles. The summed E-state index contributed by atoms with van der Waals surface area (Å²) < 4.78 is 29.7. The van der Waals surface area contributed by atoms with Crippen LogP contribution in [0.15, 0.2) is 0 Å². The number of rotatable bonds is 5. The van der Waals surface area contributed by atoms with E-state index in [-0.39, 0.29) is 24.9 Å². The maximum absolute atomic E-state index is 12.3. The molecule has 4 nitrogen and oxygen atoms in total. The molecular weight excluding hydrogens is 218 g/mol. The second kappa shape index (κ2) is 6.75. The smallest absolute Gasteiger partial charge is 0.255 e. The highest BCUT2D eigenvalue weighted by atomic mass is 19.3. The summed E-state index contributed by atoms with van der Waals surface area (Å²) in [6.07, 6.45) is -1.28. The third-order valence-corrected chi connectivity index (χ3v) is 2.64.